The number of benzene rings is 1. The molecule has 0 saturated heterocycles. The molecule has 0 atom stereocenters. The van der Waals surface area contributed by atoms with Gasteiger partial charge < -0.3 is 4.74 Å². The Morgan fingerprint density at radius 1 is 1.50 bits per heavy atom. The van der Waals surface area contributed by atoms with E-state index in [4.69, 9.17) is 0 Å². The molecule has 0 aliphatic carbocycles. The molecule has 0 N–H and O–H groups in total. The average molecular weight is 255 g/mol. The third-order valence-corrected chi connectivity index (χ3v) is 2.44. The van der Waals surface area contributed by atoms with E-state index >= 15 is 0 Å². The quantitative estimate of drug-likeness (QED) is 0.776. The van der Waals surface area contributed by atoms with E-state index in [1.165, 1.54) is 7.11 Å². The van der Waals surface area contributed by atoms with Gasteiger partial charge in [-0.3, -0.25) is 4.79 Å². The van der Waals surface area contributed by atoms with Crippen LogP contribution < -0.4 is 0 Å². The minimum Gasteiger partial charge on any atom is -0.469 e. The van der Waals surface area contributed by atoms with Crippen LogP contribution in [0.4, 0.5) is 0 Å². The predicted octanol–water partition coefficient (Wildman–Crippen LogP) is 3.03. The zero-order valence-electron chi connectivity index (χ0n) is 7.87. The van der Waals surface area contributed by atoms with Crippen molar-refractivity contribution in [3.8, 4) is 0 Å². The summed E-state index contributed by atoms with van der Waals surface area (Å²) in [5.74, 6) is -0.228. The van der Waals surface area contributed by atoms with Gasteiger partial charge in [0.05, 0.1) is 13.5 Å². The van der Waals surface area contributed by atoms with Gasteiger partial charge in [-0.25, -0.2) is 0 Å². The van der Waals surface area contributed by atoms with Crippen molar-refractivity contribution in [2.45, 2.75) is 6.42 Å². The molecule has 3 heteroatoms. The standard InChI is InChI=1S/C11H11BrO2/c1-14-11(13)8-4-6-9-5-2-3-7-10(9)12/h2-7H,8H2,1H3/b6-4-. The highest BCUT2D eigenvalue weighted by Gasteiger charge is 1.95. The second-order valence-electron chi connectivity index (χ2n) is 2.70. The van der Waals surface area contributed by atoms with Gasteiger partial charge in [-0.1, -0.05) is 46.3 Å². The van der Waals surface area contributed by atoms with Crippen LogP contribution in [0.1, 0.15) is 12.0 Å². The van der Waals surface area contributed by atoms with E-state index in [0.717, 1.165) is 10.0 Å². The van der Waals surface area contributed by atoms with E-state index in [1.807, 2.05) is 30.3 Å². The van der Waals surface area contributed by atoms with E-state index in [1.54, 1.807) is 6.08 Å². The van der Waals surface area contributed by atoms with Crippen molar-refractivity contribution in [3.05, 3.63) is 40.4 Å². The van der Waals surface area contributed by atoms with Gasteiger partial charge in [0, 0.05) is 4.47 Å². The summed E-state index contributed by atoms with van der Waals surface area (Å²) in [7, 11) is 1.38. The Kier molecular flexibility index (Phi) is 4.40. The molecule has 0 bridgehead atoms. The third-order valence-electron chi connectivity index (χ3n) is 1.71. The normalized spacial score (nSPS) is 10.4. The van der Waals surface area contributed by atoms with Gasteiger partial charge in [0.2, 0.25) is 0 Å². The number of halogens is 1. The van der Waals surface area contributed by atoms with Crippen LogP contribution in [0.3, 0.4) is 0 Å². The lowest BCUT2D eigenvalue weighted by molar-refractivity contribution is -0.139. The van der Waals surface area contributed by atoms with Gasteiger partial charge in [-0.05, 0) is 11.6 Å². The van der Waals surface area contributed by atoms with Crippen LogP contribution in [0.25, 0.3) is 6.08 Å². The van der Waals surface area contributed by atoms with E-state index in [9.17, 15) is 4.79 Å². The Morgan fingerprint density at radius 3 is 2.86 bits per heavy atom. The van der Waals surface area contributed by atoms with E-state index in [0.29, 0.717) is 6.42 Å². The third kappa shape index (κ3) is 3.34. The molecule has 74 valence electrons. The molecule has 1 aromatic rings. The minimum absolute atomic E-state index is 0.228. The highest BCUT2D eigenvalue weighted by Crippen LogP contribution is 2.17. The zero-order valence-corrected chi connectivity index (χ0v) is 9.45. The highest BCUT2D eigenvalue weighted by atomic mass is 79.9. The summed E-state index contributed by atoms with van der Waals surface area (Å²) in [6.07, 6.45) is 3.98. The summed E-state index contributed by atoms with van der Waals surface area (Å²) in [6, 6.07) is 7.82. The number of rotatable bonds is 3. The molecule has 0 heterocycles. The molecule has 2 nitrogen and oxygen atoms in total. The van der Waals surface area contributed by atoms with Gasteiger partial charge >= 0.3 is 5.97 Å². The Balaban J connectivity index is 2.60. The average Bonchev–Trinajstić information content (AvgIpc) is 2.20. The lowest BCUT2D eigenvalue weighted by atomic mass is 10.2. The number of carbonyl (C=O) groups is 1. The van der Waals surface area contributed by atoms with Crippen LogP contribution >= 0.6 is 15.9 Å². The van der Waals surface area contributed by atoms with Crippen molar-refractivity contribution < 1.29 is 9.53 Å². The fourth-order valence-electron chi connectivity index (χ4n) is 0.976. The maximum absolute atomic E-state index is 10.8. The summed E-state index contributed by atoms with van der Waals surface area (Å²) >= 11 is 3.41. The maximum atomic E-state index is 10.8. The van der Waals surface area contributed by atoms with Crippen molar-refractivity contribution in [2.75, 3.05) is 7.11 Å². The fraction of sp³-hybridized carbons (Fsp3) is 0.182. The first-order valence-corrected chi connectivity index (χ1v) is 5.01. The number of hydrogen-bond donors (Lipinski definition) is 0. The summed E-state index contributed by atoms with van der Waals surface area (Å²) in [6.45, 7) is 0. The molecular weight excluding hydrogens is 244 g/mol. The van der Waals surface area contributed by atoms with E-state index in [2.05, 4.69) is 20.7 Å². The summed E-state index contributed by atoms with van der Waals surface area (Å²) in [5.41, 5.74) is 1.05. The minimum atomic E-state index is -0.228. The Labute approximate surface area is 91.7 Å². The first-order chi connectivity index (χ1) is 6.74. The second-order valence-corrected chi connectivity index (χ2v) is 3.56. The molecule has 1 aromatic carbocycles. The van der Waals surface area contributed by atoms with Crippen LogP contribution in [0.5, 0.6) is 0 Å². The van der Waals surface area contributed by atoms with Gasteiger partial charge in [0.1, 0.15) is 0 Å². The molecule has 0 saturated carbocycles. The Hall–Kier alpha value is -1.09. The number of methoxy groups -OCH3 is 1. The monoisotopic (exact) mass is 254 g/mol. The smallest absolute Gasteiger partial charge is 0.309 e. The van der Waals surface area contributed by atoms with Crippen LogP contribution in [0.15, 0.2) is 34.8 Å². The molecule has 0 radical (unpaired) electrons. The summed E-state index contributed by atoms with van der Waals surface area (Å²) < 4.78 is 5.53. The molecule has 0 spiro atoms. The molecule has 0 fully saturated rings. The van der Waals surface area contributed by atoms with E-state index < -0.39 is 0 Å². The summed E-state index contributed by atoms with van der Waals surface area (Å²) in [5, 5.41) is 0. The zero-order chi connectivity index (χ0) is 10.4. The molecule has 0 aliphatic heterocycles. The van der Waals surface area contributed by atoms with Crippen molar-refractivity contribution in [2.24, 2.45) is 0 Å². The van der Waals surface area contributed by atoms with Crippen molar-refractivity contribution >= 4 is 28.0 Å². The largest absolute Gasteiger partial charge is 0.469 e. The molecule has 0 aromatic heterocycles. The van der Waals surface area contributed by atoms with Gasteiger partial charge in [-0.15, -0.1) is 0 Å². The molecule has 0 amide bonds. The molecule has 0 unspecified atom stereocenters. The Bertz CT molecular complexity index is 345. The number of ether oxygens (including phenoxy) is 1. The van der Waals surface area contributed by atoms with Crippen LogP contribution in [0.2, 0.25) is 0 Å². The summed E-state index contributed by atoms with van der Waals surface area (Å²) in [4.78, 5) is 10.8. The Morgan fingerprint density at radius 2 is 2.21 bits per heavy atom. The highest BCUT2D eigenvalue weighted by molar-refractivity contribution is 9.10. The van der Waals surface area contributed by atoms with Gasteiger partial charge in [0.25, 0.3) is 0 Å². The van der Waals surface area contributed by atoms with Crippen molar-refractivity contribution in [1.82, 2.24) is 0 Å². The lowest BCUT2D eigenvalue weighted by Gasteiger charge is -1.96. The topological polar surface area (TPSA) is 26.3 Å². The molecule has 1 rings (SSSR count). The van der Waals surface area contributed by atoms with Gasteiger partial charge in [-0.2, -0.15) is 0 Å². The van der Waals surface area contributed by atoms with Crippen LogP contribution in [-0.4, -0.2) is 13.1 Å². The van der Waals surface area contributed by atoms with Crippen LogP contribution in [0, 0.1) is 0 Å². The second kappa shape index (κ2) is 5.60. The van der Waals surface area contributed by atoms with Crippen LogP contribution in [-0.2, 0) is 9.53 Å². The first-order valence-electron chi connectivity index (χ1n) is 4.22. The molecule has 14 heavy (non-hydrogen) atoms. The van der Waals surface area contributed by atoms with Crippen molar-refractivity contribution in [1.29, 1.82) is 0 Å². The van der Waals surface area contributed by atoms with E-state index in [-0.39, 0.29) is 5.97 Å². The van der Waals surface area contributed by atoms with Crippen molar-refractivity contribution in [3.63, 3.8) is 0 Å². The number of hydrogen-bond acceptors (Lipinski definition) is 2. The number of esters is 1. The van der Waals surface area contributed by atoms with Gasteiger partial charge in [0.15, 0.2) is 0 Å². The molecule has 0 aliphatic rings. The fourth-order valence-corrected chi connectivity index (χ4v) is 1.39. The first kappa shape index (κ1) is 11.0. The molecular formula is C11H11BrO2. The number of carbonyl (C=O) groups excluding carboxylic acids is 1. The predicted molar refractivity (Wildman–Crippen MR) is 59.8 cm³/mol. The maximum Gasteiger partial charge on any atom is 0.309 e. The lowest BCUT2D eigenvalue weighted by Crippen LogP contribution is -1.96. The SMILES string of the molecule is COC(=O)C/C=C\c1ccccc1Br.